The molecule has 0 fully saturated rings. The second kappa shape index (κ2) is 36.6. The molecule has 1 N–H and O–H groups in total. The van der Waals surface area contributed by atoms with Crippen molar-refractivity contribution >= 4 is 19.8 Å². The van der Waals surface area contributed by atoms with Gasteiger partial charge < -0.3 is 18.9 Å². The van der Waals surface area contributed by atoms with Crippen LogP contribution in [0.1, 0.15) is 168 Å². The molecular formula is C44H81NO8P+. The minimum atomic E-state index is -4.38. The molecule has 0 saturated carbocycles. The third kappa shape index (κ3) is 39.7. The van der Waals surface area contributed by atoms with Crippen LogP contribution in [0.15, 0.2) is 48.6 Å². The number of phosphoric ester groups is 1. The Morgan fingerprint density at radius 2 is 1.02 bits per heavy atom. The minimum Gasteiger partial charge on any atom is -0.462 e. The smallest absolute Gasteiger partial charge is 0.462 e. The predicted octanol–water partition coefficient (Wildman–Crippen LogP) is 11.9. The van der Waals surface area contributed by atoms with Crippen LogP contribution in [-0.4, -0.2) is 74.9 Å². The lowest BCUT2D eigenvalue weighted by molar-refractivity contribution is -0.870. The van der Waals surface area contributed by atoms with Gasteiger partial charge in [0.25, 0.3) is 0 Å². The molecule has 0 aromatic heterocycles. The maximum atomic E-state index is 12.6. The van der Waals surface area contributed by atoms with Crippen LogP contribution in [-0.2, 0) is 32.7 Å². The van der Waals surface area contributed by atoms with E-state index >= 15 is 0 Å². The lowest BCUT2D eigenvalue weighted by Crippen LogP contribution is -2.37. The van der Waals surface area contributed by atoms with Gasteiger partial charge in [0, 0.05) is 12.8 Å². The first-order valence-electron chi connectivity index (χ1n) is 21.4. The van der Waals surface area contributed by atoms with Gasteiger partial charge >= 0.3 is 19.8 Å². The van der Waals surface area contributed by atoms with Crippen LogP contribution in [0.2, 0.25) is 0 Å². The molecule has 0 aromatic carbocycles. The standard InChI is InChI=1S/C44H80NO8P/c1-6-8-10-12-14-16-17-18-19-20-21-22-23-24-25-26-27-29-30-32-34-36-43(46)50-40-42(41-52-54(48,49)51-39-38-45(3,4)5)53-44(47)37-35-33-31-28-15-13-11-9-7-2/h19-20,22-23,25-26,29-30,42H,6-18,21,24,27-28,31-41H2,1-5H3/p+1/b20-19+,23-22+,26-25+,30-29+/t42-/m0/s1. The van der Waals surface area contributed by atoms with E-state index in [1.165, 1.54) is 83.5 Å². The molecule has 2 atom stereocenters. The van der Waals surface area contributed by atoms with E-state index in [1.807, 2.05) is 21.1 Å². The number of rotatable bonds is 38. The molecule has 10 heteroatoms. The fourth-order valence-electron chi connectivity index (χ4n) is 5.48. The van der Waals surface area contributed by atoms with E-state index in [1.54, 1.807) is 0 Å². The lowest BCUT2D eigenvalue weighted by Gasteiger charge is -2.24. The largest absolute Gasteiger partial charge is 0.472 e. The highest BCUT2D eigenvalue weighted by Crippen LogP contribution is 2.43. The molecule has 314 valence electrons. The van der Waals surface area contributed by atoms with E-state index in [2.05, 4.69) is 62.5 Å². The van der Waals surface area contributed by atoms with Crippen molar-refractivity contribution in [3.05, 3.63) is 48.6 Å². The molecule has 0 aliphatic carbocycles. The van der Waals surface area contributed by atoms with Gasteiger partial charge in [0.1, 0.15) is 19.8 Å². The Balaban J connectivity index is 4.39. The number of quaternary nitrogens is 1. The van der Waals surface area contributed by atoms with Crippen molar-refractivity contribution in [2.45, 2.75) is 174 Å². The van der Waals surface area contributed by atoms with E-state index < -0.39 is 32.5 Å². The van der Waals surface area contributed by atoms with E-state index in [-0.39, 0.29) is 26.1 Å². The van der Waals surface area contributed by atoms with Crippen LogP contribution in [0.5, 0.6) is 0 Å². The molecule has 0 bridgehead atoms. The number of ether oxygens (including phenoxy) is 2. The van der Waals surface area contributed by atoms with Crippen LogP contribution in [0.3, 0.4) is 0 Å². The summed E-state index contributed by atoms with van der Waals surface area (Å²) in [5.74, 6) is -0.868. The maximum absolute atomic E-state index is 12.6. The molecule has 0 spiro atoms. The van der Waals surface area contributed by atoms with Crippen molar-refractivity contribution in [3.63, 3.8) is 0 Å². The third-order valence-electron chi connectivity index (χ3n) is 8.86. The van der Waals surface area contributed by atoms with E-state index in [9.17, 15) is 19.0 Å². The topological polar surface area (TPSA) is 108 Å². The zero-order valence-corrected chi connectivity index (χ0v) is 36.1. The van der Waals surface area contributed by atoms with E-state index in [0.29, 0.717) is 23.9 Å². The number of nitrogens with zero attached hydrogens (tertiary/aromatic N) is 1. The SMILES string of the molecule is CCCCCCCCC/C=C/C/C=C/C/C=C/C/C=C/CCCC(=O)OC[C@@H](COP(=O)(O)OCC[N+](C)(C)C)OC(=O)CCCCCCCCCCC. The first-order chi connectivity index (χ1) is 26.0. The highest BCUT2D eigenvalue weighted by Gasteiger charge is 2.27. The van der Waals surface area contributed by atoms with Crippen molar-refractivity contribution in [2.24, 2.45) is 0 Å². The summed E-state index contributed by atoms with van der Waals surface area (Å²) in [4.78, 5) is 35.2. The molecule has 0 rings (SSSR count). The summed E-state index contributed by atoms with van der Waals surface area (Å²) < 4.78 is 34.1. The maximum Gasteiger partial charge on any atom is 0.472 e. The molecule has 0 saturated heterocycles. The number of allylic oxidation sites excluding steroid dienone is 8. The molecule has 0 aliphatic rings. The molecule has 0 aromatic rings. The second-order valence-corrected chi connectivity index (χ2v) is 16.8. The Kier molecular flexibility index (Phi) is 35.2. The average Bonchev–Trinajstić information content (AvgIpc) is 3.12. The molecule has 9 nitrogen and oxygen atoms in total. The van der Waals surface area contributed by atoms with Crippen molar-refractivity contribution in [2.75, 3.05) is 47.5 Å². The van der Waals surface area contributed by atoms with Gasteiger partial charge in [-0.15, -0.1) is 0 Å². The van der Waals surface area contributed by atoms with E-state index in [0.717, 1.165) is 44.9 Å². The minimum absolute atomic E-state index is 0.0227. The first kappa shape index (κ1) is 52.0. The summed E-state index contributed by atoms with van der Waals surface area (Å²) in [5, 5.41) is 0. The Morgan fingerprint density at radius 1 is 0.574 bits per heavy atom. The van der Waals surface area contributed by atoms with Crippen LogP contribution in [0, 0.1) is 0 Å². The Hall–Kier alpha value is -2.03. The van der Waals surface area contributed by atoms with Gasteiger partial charge in [0.15, 0.2) is 6.10 Å². The summed E-state index contributed by atoms with van der Waals surface area (Å²) in [6, 6.07) is 0. The number of phosphoric acid groups is 1. The molecule has 0 radical (unpaired) electrons. The normalized spacial score (nSPS) is 14.1. The van der Waals surface area contributed by atoms with Gasteiger partial charge in [-0.1, -0.05) is 152 Å². The van der Waals surface area contributed by atoms with Crippen LogP contribution in [0.25, 0.3) is 0 Å². The summed E-state index contributed by atoms with van der Waals surface area (Å²) in [7, 11) is 1.44. The van der Waals surface area contributed by atoms with Gasteiger partial charge in [-0.25, -0.2) is 4.57 Å². The van der Waals surface area contributed by atoms with Gasteiger partial charge in [0.2, 0.25) is 0 Å². The Bertz CT molecular complexity index is 1070. The molecular weight excluding hydrogens is 701 g/mol. The van der Waals surface area contributed by atoms with Crippen LogP contribution < -0.4 is 0 Å². The third-order valence-corrected chi connectivity index (χ3v) is 9.85. The lowest BCUT2D eigenvalue weighted by atomic mass is 10.1. The van der Waals surface area contributed by atoms with Gasteiger partial charge in [-0.3, -0.25) is 18.6 Å². The number of carbonyl (C=O) groups is 2. The highest BCUT2D eigenvalue weighted by atomic mass is 31.2. The number of likely N-dealkylation sites (N-methyl/N-ethyl adjacent to an activating group) is 1. The molecule has 54 heavy (non-hydrogen) atoms. The zero-order valence-electron chi connectivity index (χ0n) is 35.2. The number of hydrogen-bond acceptors (Lipinski definition) is 7. The Labute approximate surface area is 331 Å². The molecule has 0 heterocycles. The molecule has 0 aliphatic heterocycles. The van der Waals surface area contributed by atoms with Gasteiger partial charge in [0.05, 0.1) is 27.7 Å². The fraction of sp³-hybridized carbons (Fsp3) is 0.773. The zero-order chi connectivity index (χ0) is 40.0. The van der Waals surface area contributed by atoms with Crippen LogP contribution >= 0.6 is 7.82 Å². The summed E-state index contributed by atoms with van der Waals surface area (Å²) >= 11 is 0. The summed E-state index contributed by atoms with van der Waals surface area (Å²) in [6.45, 7) is 4.32. The second-order valence-electron chi connectivity index (χ2n) is 15.4. The summed E-state index contributed by atoms with van der Waals surface area (Å²) in [6.07, 6.45) is 41.8. The molecule has 0 amide bonds. The van der Waals surface area contributed by atoms with Crippen molar-refractivity contribution in [1.82, 2.24) is 0 Å². The quantitative estimate of drug-likeness (QED) is 0.0217. The molecule has 1 unspecified atom stereocenters. The predicted molar refractivity (Wildman–Crippen MR) is 224 cm³/mol. The van der Waals surface area contributed by atoms with Crippen molar-refractivity contribution < 1.29 is 42.1 Å². The van der Waals surface area contributed by atoms with Gasteiger partial charge in [-0.05, 0) is 51.4 Å². The first-order valence-corrected chi connectivity index (χ1v) is 22.9. The van der Waals surface area contributed by atoms with Gasteiger partial charge in [-0.2, -0.15) is 0 Å². The number of esters is 2. The Morgan fingerprint density at radius 3 is 1.54 bits per heavy atom. The van der Waals surface area contributed by atoms with Crippen LogP contribution in [0.4, 0.5) is 0 Å². The number of hydrogen-bond donors (Lipinski definition) is 1. The monoisotopic (exact) mass is 783 g/mol. The summed E-state index contributed by atoms with van der Waals surface area (Å²) in [5.41, 5.74) is 0. The number of carbonyl (C=O) groups excluding carboxylic acids is 2. The average molecular weight is 783 g/mol. The van der Waals surface area contributed by atoms with Crippen molar-refractivity contribution in [3.8, 4) is 0 Å². The van der Waals surface area contributed by atoms with Crippen molar-refractivity contribution in [1.29, 1.82) is 0 Å². The van der Waals surface area contributed by atoms with E-state index in [4.69, 9.17) is 18.5 Å². The fourth-order valence-corrected chi connectivity index (χ4v) is 6.22. The number of unbranched alkanes of at least 4 members (excludes halogenated alkanes) is 16. The highest BCUT2D eigenvalue weighted by molar-refractivity contribution is 7.47.